The second kappa shape index (κ2) is 8.95. The Balaban J connectivity index is 0.00000264. The third kappa shape index (κ3) is 5.56. The van der Waals surface area contributed by atoms with Crippen molar-refractivity contribution in [3.63, 3.8) is 0 Å². The van der Waals surface area contributed by atoms with Gasteiger partial charge in [-0.15, -0.1) is 0 Å². The second-order valence-electron chi connectivity index (χ2n) is 5.56. The van der Waals surface area contributed by atoms with Crippen molar-refractivity contribution in [1.29, 1.82) is 0 Å². The summed E-state index contributed by atoms with van der Waals surface area (Å²) in [7, 11) is 0. The Morgan fingerprint density at radius 1 is 1.00 bits per heavy atom. The van der Waals surface area contributed by atoms with E-state index in [1.165, 1.54) is 12.1 Å². The zero-order valence-electron chi connectivity index (χ0n) is 13.1. The summed E-state index contributed by atoms with van der Waals surface area (Å²) in [5.41, 5.74) is 1.55. The minimum atomic E-state index is -1.14. The first kappa shape index (κ1) is 19.5. The Kier molecular flexibility index (Phi) is 7.60. The number of halogens is 1. The van der Waals surface area contributed by atoms with Crippen LogP contribution in [-0.2, 0) is 5.60 Å². The molecular formula is C20H22FLiO. The van der Waals surface area contributed by atoms with Crippen LogP contribution in [0, 0.1) is 17.7 Å². The summed E-state index contributed by atoms with van der Waals surface area (Å²) in [5.74, 6) is 5.72. The van der Waals surface area contributed by atoms with E-state index in [0.717, 1.165) is 36.0 Å². The molecule has 0 aliphatic rings. The molecular weight excluding hydrogens is 282 g/mol. The van der Waals surface area contributed by atoms with Gasteiger partial charge in [-0.2, -0.15) is 0 Å². The maximum absolute atomic E-state index is 12.9. The fourth-order valence-electron chi connectivity index (χ4n) is 2.20. The van der Waals surface area contributed by atoms with Crippen LogP contribution in [-0.4, -0.2) is 24.0 Å². The number of benzene rings is 2. The van der Waals surface area contributed by atoms with E-state index in [1.54, 1.807) is 19.1 Å². The molecule has 2 rings (SSSR count). The summed E-state index contributed by atoms with van der Waals surface area (Å²) in [4.78, 5) is 0. The number of unbranched alkanes of at least 4 members (excludes halogenated alkanes) is 2. The molecule has 0 aliphatic carbocycles. The van der Waals surface area contributed by atoms with Crippen molar-refractivity contribution >= 4 is 18.9 Å². The van der Waals surface area contributed by atoms with Gasteiger partial charge in [0.25, 0.3) is 0 Å². The molecule has 0 radical (unpaired) electrons. The molecule has 1 N–H and O–H groups in total. The van der Waals surface area contributed by atoms with Crippen LogP contribution in [0.15, 0.2) is 48.5 Å². The van der Waals surface area contributed by atoms with Gasteiger partial charge in [-0.05, 0) is 42.2 Å². The molecule has 0 saturated carbocycles. The molecule has 1 atom stereocenters. The van der Waals surface area contributed by atoms with E-state index in [9.17, 15) is 9.50 Å². The minimum absolute atomic E-state index is 0. The number of aliphatic hydroxyl groups is 1. The van der Waals surface area contributed by atoms with Gasteiger partial charge in [0.1, 0.15) is 11.4 Å². The first-order valence-electron chi connectivity index (χ1n) is 7.62. The van der Waals surface area contributed by atoms with Gasteiger partial charge in [-0.3, -0.25) is 0 Å². The normalized spacial score (nSPS) is 12.5. The molecule has 1 nitrogen and oxygen atoms in total. The first-order valence-corrected chi connectivity index (χ1v) is 7.62. The molecule has 0 aliphatic heterocycles. The SMILES string of the molecule is CCCCC#CC(C)(O)c1ccc(-c2ccc(F)cc2)cc1.[LiH]. The standard InChI is InChI=1S/C20H21FO.Li.H/c1-3-4-5-6-15-20(2,22)18-11-7-16(8-12-18)17-9-13-19(21)14-10-17;;/h7-14,22H,3-5H2,1-2H3;;. The molecule has 23 heavy (non-hydrogen) atoms. The number of rotatable bonds is 4. The van der Waals surface area contributed by atoms with Crippen LogP contribution < -0.4 is 0 Å². The quantitative estimate of drug-likeness (QED) is 0.509. The van der Waals surface area contributed by atoms with E-state index in [4.69, 9.17) is 0 Å². The topological polar surface area (TPSA) is 20.2 Å². The van der Waals surface area contributed by atoms with Crippen LogP contribution in [0.5, 0.6) is 0 Å². The summed E-state index contributed by atoms with van der Waals surface area (Å²) >= 11 is 0. The van der Waals surface area contributed by atoms with Crippen molar-refractivity contribution in [3.05, 3.63) is 59.9 Å². The zero-order valence-corrected chi connectivity index (χ0v) is 13.1. The molecule has 0 heterocycles. The van der Waals surface area contributed by atoms with Gasteiger partial charge in [0.15, 0.2) is 0 Å². The van der Waals surface area contributed by atoms with Crippen LogP contribution in [0.3, 0.4) is 0 Å². The molecule has 2 aromatic carbocycles. The van der Waals surface area contributed by atoms with Crippen LogP contribution in [0.1, 0.15) is 38.7 Å². The monoisotopic (exact) mass is 304 g/mol. The molecule has 0 amide bonds. The Bertz CT molecular complexity index is 664. The van der Waals surface area contributed by atoms with Gasteiger partial charge in [0, 0.05) is 6.42 Å². The van der Waals surface area contributed by atoms with Crippen LogP contribution in [0.4, 0.5) is 4.39 Å². The summed E-state index contributed by atoms with van der Waals surface area (Å²) in [6, 6.07) is 14.0. The zero-order chi connectivity index (χ0) is 16.0. The molecule has 3 heteroatoms. The summed E-state index contributed by atoms with van der Waals surface area (Å²) < 4.78 is 12.9. The van der Waals surface area contributed by atoms with E-state index < -0.39 is 5.60 Å². The molecule has 2 aromatic rings. The van der Waals surface area contributed by atoms with Crippen molar-refractivity contribution in [2.45, 2.75) is 38.7 Å². The van der Waals surface area contributed by atoms with Gasteiger partial charge < -0.3 is 5.11 Å². The molecule has 0 fully saturated rings. The van der Waals surface area contributed by atoms with E-state index in [1.807, 2.05) is 24.3 Å². The van der Waals surface area contributed by atoms with Crippen LogP contribution in [0.2, 0.25) is 0 Å². The fraction of sp³-hybridized carbons (Fsp3) is 0.300. The Morgan fingerprint density at radius 2 is 1.52 bits per heavy atom. The average molecular weight is 304 g/mol. The molecule has 0 bridgehead atoms. The summed E-state index contributed by atoms with van der Waals surface area (Å²) in [5, 5.41) is 10.5. The molecule has 0 aromatic heterocycles. The molecule has 1 unspecified atom stereocenters. The first-order chi connectivity index (χ1) is 10.5. The van der Waals surface area contributed by atoms with Gasteiger partial charge in [0.2, 0.25) is 0 Å². The van der Waals surface area contributed by atoms with Gasteiger partial charge in [0.05, 0.1) is 0 Å². The van der Waals surface area contributed by atoms with E-state index >= 15 is 0 Å². The third-order valence-electron chi connectivity index (χ3n) is 3.61. The van der Waals surface area contributed by atoms with Crippen LogP contribution >= 0.6 is 0 Å². The molecule has 0 saturated heterocycles. The third-order valence-corrected chi connectivity index (χ3v) is 3.61. The van der Waals surface area contributed by atoms with E-state index in [0.29, 0.717) is 0 Å². The molecule has 116 valence electrons. The Morgan fingerprint density at radius 3 is 2.04 bits per heavy atom. The predicted octanol–water partition coefficient (Wildman–Crippen LogP) is 4.25. The van der Waals surface area contributed by atoms with Gasteiger partial charge in [-0.1, -0.05) is 61.6 Å². The van der Waals surface area contributed by atoms with E-state index in [-0.39, 0.29) is 24.7 Å². The van der Waals surface area contributed by atoms with Crippen molar-refractivity contribution in [2.75, 3.05) is 0 Å². The second-order valence-corrected chi connectivity index (χ2v) is 5.56. The fourth-order valence-corrected chi connectivity index (χ4v) is 2.20. The summed E-state index contributed by atoms with van der Waals surface area (Å²) in [6.45, 7) is 3.83. The van der Waals surface area contributed by atoms with Crippen molar-refractivity contribution in [2.24, 2.45) is 0 Å². The Labute approximate surface area is 150 Å². The van der Waals surface area contributed by atoms with Gasteiger partial charge in [-0.25, -0.2) is 4.39 Å². The number of hydrogen-bond donors (Lipinski definition) is 1. The Hall–Kier alpha value is -1.51. The van der Waals surface area contributed by atoms with Gasteiger partial charge >= 0.3 is 18.9 Å². The van der Waals surface area contributed by atoms with Crippen molar-refractivity contribution < 1.29 is 9.50 Å². The van der Waals surface area contributed by atoms with E-state index in [2.05, 4.69) is 18.8 Å². The predicted molar refractivity (Wildman–Crippen MR) is 95.9 cm³/mol. The number of hydrogen-bond acceptors (Lipinski definition) is 1. The molecule has 0 spiro atoms. The van der Waals surface area contributed by atoms with Crippen molar-refractivity contribution in [3.8, 4) is 23.0 Å². The average Bonchev–Trinajstić information content (AvgIpc) is 2.52. The van der Waals surface area contributed by atoms with Crippen LogP contribution in [0.25, 0.3) is 11.1 Å². The van der Waals surface area contributed by atoms with Crippen molar-refractivity contribution in [1.82, 2.24) is 0 Å². The summed E-state index contributed by atoms with van der Waals surface area (Å²) in [6.07, 6.45) is 2.95. The maximum atomic E-state index is 12.9.